The Balaban J connectivity index is 0.000000298. The van der Waals surface area contributed by atoms with E-state index in [0.29, 0.717) is 17.3 Å². The van der Waals surface area contributed by atoms with Crippen LogP contribution >= 0.6 is 22.6 Å². The zero-order chi connectivity index (χ0) is 64.4. The van der Waals surface area contributed by atoms with Crippen molar-refractivity contribution in [2.24, 2.45) is 0 Å². The van der Waals surface area contributed by atoms with Crippen LogP contribution in [0.3, 0.4) is 0 Å². The quantitative estimate of drug-likeness (QED) is 0.0731. The van der Waals surface area contributed by atoms with Crippen LogP contribution in [0.4, 0.5) is 4.39 Å². The smallest absolute Gasteiger partial charge is 0.508 e. The van der Waals surface area contributed by atoms with E-state index in [1.165, 1.54) is 41.0 Å². The average Bonchev–Trinajstić information content (AvgIpc) is 1.68. The number of phenolic OH excluding ortho intramolecular Hbond substituents is 2. The predicted octanol–water partition coefficient (Wildman–Crippen LogP) is 16.7. The monoisotopic (exact) mass is 1310 g/mol. The van der Waals surface area contributed by atoms with Crippen molar-refractivity contribution in [3.8, 4) is 57.5 Å². The number of rotatable bonds is 11. The van der Waals surface area contributed by atoms with Gasteiger partial charge in [-0.2, -0.15) is 6.42 Å². The number of phenols is 2. The molecule has 3 fully saturated rings. The van der Waals surface area contributed by atoms with Crippen molar-refractivity contribution in [2.75, 3.05) is 20.4 Å². The third-order valence-corrected chi connectivity index (χ3v) is 14.5. The van der Waals surface area contributed by atoms with Crippen LogP contribution < -0.4 is 43.3 Å². The number of benzene rings is 8. The Bertz CT molecular complexity index is 2960. The van der Waals surface area contributed by atoms with Gasteiger partial charge in [0.25, 0.3) is 0 Å². The van der Waals surface area contributed by atoms with Crippen molar-refractivity contribution < 1.29 is 77.1 Å². The van der Waals surface area contributed by atoms with Crippen molar-refractivity contribution in [1.29, 1.82) is 0 Å². The minimum atomic E-state index is -1.00. The fourth-order valence-corrected chi connectivity index (χ4v) is 7.97. The van der Waals surface area contributed by atoms with Gasteiger partial charge in [-0.1, -0.05) is 136 Å². The van der Waals surface area contributed by atoms with Crippen LogP contribution in [0.15, 0.2) is 218 Å². The maximum absolute atomic E-state index is 9.96. The second kappa shape index (κ2) is 39.7. The summed E-state index contributed by atoms with van der Waals surface area (Å²) in [5, 5.41) is 17.3. The van der Waals surface area contributed by atoms with Gasteiger partial charge in [0.2, 0.25) is 0 Å². The maximum Gasteiger partial charge on any atom is 1.00 e. The molecule has 0 saturated carbocycles. The molecule has 3 aliphatic heterocycles. The molecule has 0 radical (unpaired) electrons. The van der Waals surface area contributed by atoms with E-state index in [4.69, 9.17) is 53.9 Å². The Morgan fingerprint density at radius 3 is 1.08 bits per heavy atom. The van der Waals surface area contributed by atoms with Gasteiger partial charge < -0.3 is 59.4 Å². The number of unbranched alkanes of at least 4 members (excludes halogenated alkanes) is 1. The van der Waals surface area contributed by atoms with Gasteiger partial charge in [-0.15, -0.1) is 0 Å². The number of aromatic hydroxyl groups is 2. The van der Waals surface area contributed by atoms with E-state index in [2.05, 4.69) is 90.1 Å². The molecule has 16 heteroatoms. The van der Waals surface area contributed by atoms with Crippen molar-refractivity contribution in [2.45, 2.75) is 130 Å². The summed E-state index contributed by atoms with van der Waals surface area (Å²) in [6.45, 7) is 28.4. The topological polar surface area (TPSA) is 124 Å². The van der Waals surface area contributed by atoms with E-state index in [1.807, 2.05) is 210 Å². The van der Waals surface area contributed by atoms with E-state index in [9.17, 15) is 4.39 Å². The molecule has 3 aliphatic rings. The van der Waals surface area contributed by atoms with E-state index < -0.39 is 25.5 Å². The number of ether oxygens (including phenoxy) is 5. The minimum absolute atomic E-state index is 0. The molecular formula is C72H89B2FILiO11. The second-order valence-corrected chi connectivity index (χ2v) is 23.5. The Kier molecular flexibility index (Phi) is 33.5. The van der Waals surface area contributed by atoms with E-state index in [-0.39, 0.29) is 48.7 Å². The number of hydrogen-bond donors (Lipinski definition) is 2. The van der Waals surface area contributed by atoms with Gasteiger partial charge >= 0.3 is 33.1 Å². The normalized spacial score (nSPS) is 15.0. The summed E-state index contributed by atoms with van der Waals surface area (Å²) >= 11 is 2.28. The van der Waals surface area contributed by atoms with E-state index >= 15 is 0 Å². The molecule has 0 amide bonds. The summed E-state index contributed by atoms with van der Waals surface area (Å²) in [6.07, 6.45) is 4.83. The van der Waals surface area contributed by atoms with Gasteiger partial charge in [0.1, 0.15) is 57.5 Å². The molecule has 0 unspecified atom stereocenters. The zero-order valence-electron chi connectivity index (χ0n) is 54.5. The van der Waals surface area contributed by atoms with Gasteiger partial charge in [0.15, 0.2) is 0 Å². The van der Waals surface area contributed by atoms with Crippen LogP contribution in [0, 0.1) is 10.5 Å². The van der Waals surface area contributed by atoms with Crippen LogP contribution in [0.1, 0.15) is 103 Å². The molecule has 464 valence electrons. The Morgan fingerprint density at radius 2 is 0.807 bits per heavy atom. The molecule has 3 saturated heterocycles. The summed E-state index contributed by atoms with van der Waals surface area (Å²) in [7, 11) is -1.66. The maximum atomic E-state index is 9.96. The second-order valence-electron chi connectivity index (χ2n) is 22.2. The average molecular weight is 1310 g/mol. The van der Waals surface area contributed by atoms with Gasteiger partial charge in [-0.25, -0.2) is 0 Å². The Morgan fingerprint density at radius 1 is 0.500 bits per heavy atom. The van der Waals surface area contributed by atoms with Crippen molar-refractivity contribution >= 4 is 42.3 Å². The summed E-state index contributed by atoms with van der Waals surface area (Å²) in [6, 6.07) is 68.1. The first-order chi connectivity index (χ1) is 42.0. The van der Waals surface area contributed by atoms with Crippen LogP contribution in [0.25, 0.3) is 0 Å². The van der Waals surface area contributed by atoms with Crippen LogP contribution in [0.5, 0.6) is 57.5 Å². The van der Waals surface area contributed by atoms with Crippen molar-refractivity contribution in [1.82, 2.24) is 0 Å². The zero-order valence-corrected chi connectivity index (χ0v) is 55.7. The first-order valence-electron chi connectivity index (χ1n) is 30.0. The molecule has 0 atom stereocenters. The van der Waals surface area contributed by atoms with Crippen molar-refractivity contribution in [3.05, 3.63) is 229 Å². The third kappa shape index (κ3) is 26.8. The van der Waals surface area contributed by atoms with Gasteiger partial charge in [-0.3, -0.25) is 4.39 Å². The number of hydrogen-bond acceptors (Lipinski definition) is 11. The molecule has 2 N–H and O–H groups in total. The number of alkyl halides is 1. The molecule has 11 rings (SSSR count). The molecule has 0 aliphatic carbocycles. The van der Waals surface area contributed by atoms with Crippen LogP contribution in [0.2, 0.25) is 5.82 Å². The number of halogens is 2. The Hall–Kier alpha value is -6.25. The number of para-hydroxylation sites is 4. The molecule has 0 spiro atoms. The van der Waals surface area contributed by atoms with Gasteiger partial charge in [0, 0.05) is 28.9 Å². The fraction of sp³-hybridized carbons (Fsp3) is 0.319. The predicted molar refractivity (Wildman–Crippen MR) is 362 cm³/mol. The molecule has 8 aromatic carbocycles. The van der Waals surface area contributed by atoms with Gasteiger partial charge in [-0.05, 0) is 194 Å². The van der Waals surface area contributed by atoms with Crippen molar-refractivity contribution in [3.63, 3.8) is 0 Å². The third-order valence-electron chi connectivity index (χ3n) is 13.8. The summed E-state index contributed by atoms with van der Waals surface area (Å²) < 4.78 is 69.9. The van der Waals surface area contributed by atoms with E-state index in [1.54, 1.807) is 6.07 Å². The fourth-order valence-electron chi connectivity index (χ4n) is 7.56. The molecule has 0 bridgehead atoms. The summed E-state index contributed by atoms with van der Waals surface area (Å²) in [4.78, 5) is 0. The largest absolute Gasteiger partial charge is 1.00 e. The van der Waals surface area contributed by atoms with Gasteiger partial charge in [0.05, 0.1) is 36.4 Å². The molecule has 0 aromatic heterocycles. The first kappa shape index (κ1) is 74.2. The Labute approximate surface area is 552 Å². The first-order valence-corrected chi connectivity index (χ1v) is 30.4. The van der Waals surface area contributed by atoms with E-state index in [0.717, 1.165) is 59.6 Å². The molecule has 3 heterocycles. The standard InChI is InChI=1S/C24H25BO4.C18H14O2.C9H19BO2.C6H5I.C6H6O2.C4H8O.C4H9.CH3F.Li/c1-23(2)24(3,4)29-25(28-23)22-20(26-18-12-7-5-8-13-18)16-11-17-21(22)27-19-14-9-6-10-15-19;1-3-8-15(9-4-1)19-17-12-7-13-18(14-17)20-16-10-5-2-6-11-16;1-7(2)10-11-8(3,4)9(5,6)12-10;7-6-4-2-1-3-5-6;7-5-2-1-3-6(8)4-5;1-2-4-5-3-1;1-3-4-2;1-2;/h5-17H,1-4H3;1-14H;7H,1-6H3;1-5H;1-4,7-8H;1-4H2;1,3-4H2,2H3;1H3;/q;;;;;;-1;;+1/i;;;;;;;1D;. The molecule has 8 aromatic rings. The summed E-state index contributed by atoms with van der Waals surface area (Å²) in [5.74, 6) is 6.49. The molecule has 11 nitrogen and oxygen atoms in total. The minimum Gasteiger partial charge on any atom is -0.508 e. The SMILES string of the molecule is C1CCOC1.CC(C)B1OC(C)(C)C(C)(C)O1.CC1(C)OB(c2c(Oc3ccccc3)cccc2Oc2ccccc2)OC1(C)C.Ic1ccccc1.Oc1cccc(O)c1.[2H]CF.[CH2-]CCC.[Li+].c1ccc(Oc2cccc(Oc3ccccc3)c2)cc1. The summed E-state index contributed by atoms with van der Waals surface area (Å²) in [5.41, 5.74) is -0.564. The molecular weight excluding hydrogens is 1220 g/mol. The molecule has 88 heavy (non-hydrogen) atoms. The van der Waals surface area contributed by atoms with Crippen LogP contribution in [-0.2, 0) is 23.4 Å². The van der Waals surface area contributed by atoms with Crippen LogP contribution in [-0.4, -0.2) is 67.2 Å².